The van der Waals surface area contributed by atoms with Gasteiger partial charge in [0.1, 0.15) is 0 Å². The van der Waals surface area contributed by atoms with Gasteiger partial charge in [-0.25, -0.2) is 0 Å². The number of aromatic nitrogens is 2. The van der Waals surface area contributed by atoms with Crippen molar-refractivity contribution in [1.29, 1.82) is 0 Å². The Morgan fingerprint density at radius 1 is 1.53 bits per heavy atom. The number of aliphatic carboxylic acids is 1. The first kappa shape index (κ1) is 12.1. The van der Waals surface area contributed by atoms with Gasteiger partial charge < -0.3 is 10.4 Å². The minimum Gasteiger partial charge on any atom is -0.481 e. The fourth-order valence-corrected chi connectivity index (χ4v) is 2.37. The van der Waals surface area contributed by atoms with Crippen LogP contribution in [-0.2, 0) is 18.4 Å². The van der Waals surface area contributed by atoms with Gasteiger partial charge in [0, 0.05) is 31.4 Å². The first-order valence-corrected chi connectivity index (χ1v) is 6.09. The molecule has 0 aliphatic heterocycles. The van der Waals surface area contributed by atoms with Gasteiger partial charge in [0.2, 0.25) is 0 Å². The maximum Gasteiger partial charge on any atom is 0.306 e. The molecule has 0 amide bonds. The van der Waals surface area contributed by atoms with Gasteiger partial charge in [0.25, 0.3) is 0 Å². The molecule has 0 unspecified atom stereocenters. The molecule has 0 atom stereocenters. The number of carboxylic acids is 1. The van der Waals surface area contributed by atoms with E-state index in [-0.39, 0.29) is 5.92 Å². The number of nitrogens with zero attached hydrogens (tertiary/aromatic N) is 2. The number of hydrogen-bond acceptors (Lipinski definition) is 3. The highest BCUT2D eigenvalue weighted by atomic mass is 16.4. The molecule has 0 spiro atoms. The molecular formula is C12H19N3O2. The summed E-state index contributed by atoms with van der Waals surface area (Å²) in [4.78, 5) is 10.8. The molecule has 0 bridgehead atoms. The molecular weight excluding hydrogens is 218 g/mol. The predicted octanol–water partition coefficient (Wildman–Crippen LogP) is 1.15. The first-order chi connectivity index (χ1) is 8.15. The van der Waals surface area contributed by atoms with Gasteiger partial charge in [-0.2, -0.15) is 5.10 Å². The van der Waals surface area contributed by atoms with Crippen molar-refractivity contribution in [2.75, 3.05) is 0 Å². The molecule has 1 aromatic heterocycles. The van der Waals surface area contributed by atoms with Gasteiger partial charge >= 0.3 is 5.97 Å². The lowest BCUT2D eigenvalue weighted by atomic mass is 9.86. The zero-order valence-electron chi connectivity index (χ0n) is 10.1. The molecule has 1 aliphatic rings. The van der Waals surface area contributed by atoms with E-state index in [0.29, 0.717) is 6.04 Å². The lowest BCUT2D eigenvalue weighted by molar-refractivity contribution is -0.142. The van der Waals surface area contributed by atoms with E-state index >= 15 is 0 Å². The van der Waals surface area contributed by atoms with Gasteiger partial charge in [-0.15, -0.1) is 0 Å². The maximum absolute atomic E-state index is 10.8. The molecule has 1 fully saturated rings. The Bertz CT molecular complexity index is 381. The number of carbonyl (C=O) groups is 1. The Morgan fingerprint density at radius 2 is 2.24 bits per heavy atom. The van der Waals surface area contributed by atoms with Gasteiger partial charge in [0.15, 0.2) is 0 Å². The SMILES string of the molecule is Cn1cc(CNC2CCC(C(=O)O)CC2)cn1. The quantitative estimate of drug-likeness (QED) is 0.824. The Kier molecular flexibility index (Phi) is 3.78. The standard InChI is InChI=1S/C12H19N3O2/c1-15-8-9(7-14-15)6-13-11-4-2-10(3-5-11)12(16)17/h7-8,10-11,13H,2-6H2,1H3,(H,16,17). The number of carboxylic acid groups (broad SMARTS) is 1. The van der Waals surface area contributed by atoms with Crippen molar-refractivity contribution in [2.24, 2.45) is 13.0 Å². The first-order valence-electron chi connectivity index (χ1n) is 6.09. The van der Waals surface area contributed by atoms with E-state index in [1.165, 1.54) is 5.56 Å². The monoisotopic (exact) mass is 237 g/mol. The fraction of sp³-hybridized carbons (Fsp3) is 0.667. The number of hydrogen-bond donors (Lipinski definition) is 2. The summed E-state index contributed by atoms with van der Waals surface area (Å²) in [6.45, 7) is 0.816. The Labute approximate surface area is 101 Å². The third kappa shape index (κ3) is 3.30. The van der Waals surface area contributed by atoms with Crippen LogP contribution in [0.1, 0.15) is 31.2 Å². The molecule has 1 aliphatic carbocycles. The van der Waals surface area contributed by atoms with E-state index < -0.39 is 5.97 Å². The van der Waals surface area contributed by atoms with E-state index in [9.17, 15) is 4.79 Å². The van der Waals surface area contributed by atoms with Crippen LogP contribution in [0.5, 0.6) is 0 Å². The maximum atomic E-state index is 10.8. The number of rotatable bonds is 4. The van der Waals surface area contributed by atoms with Crippen molar-refractivity contribution in [3.63, 3.8) is 0 Å². The van der Waals surface area contributed by atoms with E-state index in [1.807, 2.05) is 19.4 Å². The van der Waals surface area contributed by atoms with Crippen LogP contribution in [0.4, 0.5) is 0 Å². The Morgan fingerprint density at radius 3 is 2.76 bits per heavy atom. The molecule has 5 heteroatoms. The average molecular weight is 237 g/mol. The van der Waals surface area contributed by atoms with Crippen molar-refractivity contribution < 1.29 is 9.90 Å². The summed E-state index contributed by atoms with van der Waals surface area (Å²) in [5.74, 6) is -0.776. The van der Waals surface area contributed by atoms with Crippen molar-refractivity contribution in [1.82, 2.24) is 15.1 Å². The van der Waals surface area contributed by atoms with E-state index in [4.69, 9.17) is 5.11 Å². The zero-order chi connectivity index (χ0) is 12.3. The Hall–Kier alpha value is -1.36. The second-order valence-electron chi connectivity index (χ2n) is 4.79. The second kappa shape index (κ2) is 5.31. The van der Waals surface area contributed by atoms with Crippen molar-refractivity contribution in [2.45, 2.75) is 38.3 Å². The smallest absolute Gasteiger partial charge is 0.306 e. The van der Waals surface area contributed by atoms with Crippen LogP contribution in [0.3, 0.4) is 0 Å². The topological polar surface area (TPSA) is 67.2 Å². The van der Waals surface area contributed by atoms with Crippen LogP contribution in [0.15, 0.2) is 12.4 Å². The normalized spacial score (nSPS) is 24.8. The molecule has 1 heterocycles. The molecule has 1 aromatic rings. The van der Waals surface area contributed by atoms with Crippen LogP contribution < -0.4 is 5.32 Å². The third-order valence-corrected chi connectivity index (χ3v) is 3.43. The van der Waals surface area contributed by atoms with Gasteiger partial charge in [-0.1, -0.05) is 0 Å². The summed E-state index contributed by atoms with van der Waals surface area (Å²) in [7, 11) is 1.90. The predicted molar refractivity (Wildman–Crippen MR) is 63.4 cm³/mol. The lowest BCUT2D eigenvalue weighted by Gasteiger charge is -2.26. The van der Waals surface area contributed by atoms with E-state index in [2.05, 4.69) is 10.4 Å². The van der Waals surface area contributed by atoms with Crippen molar-refractivity contribution in [3.8, 4) is 0 Å². The fourth-order valence-electron chi connectivity index (χ4n) is 2.37. The zero-order valence-corrected chi connectivity index (χ0v) is 10.1. The summed E-state index contributed by atoms with van der Waals surface area (Å²) in [5, 5.41) is 16.5. The second-order valence-corrected chi connectivity index (χ2v) is 4.79. The average Bonchev–Trinajstić information content (AvgIpc) is 2.73. The van der Waals surface area contributed by atoms with Crippen molar-refractivity contribution >= 4 is 5.97 Å². The summed E-state index contributed by atoms with van der Waals surface area (Å²) >= 11 is 0. The summed E-state index contributed by atoms with van der Waals surface area (Å²) in [6.07, 6.45) is 7.35. The molecule has 1 saturated carbocycles. The van der Waals surface area contributed by atoms with Gasteiger partial charge in [0.05, 0.1) is 12.1 Å². The molecule has 0 aromatic carbocycles. The van der Waals surface area contributed by atoms with Crippen molar-refractivity contribution in [3.05, 3.63) is 18.0 Å². The van der Waals surface area contributed by atoms with Crippen LogP contribution in [0.2, 0.25) is 0 Å². The molecule has 2 N–H and O–H groups in total. The molecule has 2 rings (SSSR count). The molecule has 94 valence electrons. The third-order valence-electron chi connectivity index (χ3n) is 3.43. The molecule has 0 saturated heterocycles. The molecule has 0 radical (unpaired) electrons. The highest BCUT2D eigenvalue weighted by Crippen LogP contribution is 2.24. The highest BCUT2D eigenvalue weighted by Gasteiger charge is 2.25. The largest absolute Gasteiger partial charge is 0.481 e. The van der Waals surface area contributed by atoms with Crippen LogP contribution in [0, 0.1) is 5.92 Å². The van der Waals surface area contributed by atoms with E-state index in [0.717, 1.165) is 32.2 Å². The van der Waals surface area contributed by atoms with Crippen LogP contribution >= 0.6 is 0 Å². The summed E-state index contributed by atoms with van der Waals surface area (Å²) < 4.78 is 1.79. The highest BCUT2D eigenvalue weighted by molar-refractivity contribution is 5.70. The van der Waals surface area contributed by atoms with Gasteiger partial charge in [-0.05, 0) is 25.7 Å². The van der Waals surface area contributed by atoms with Gasteiger partial charge in [-0.3, -0.25) is 9.48 Å². The lowest BCUT2D eigenvalue weighted by Crippen LogP contribution is -2.34. The Balaban J connectivity index is 1.73. The van der Waals surface area contributed by atoms with Crippen LogP contribution in [-0.4, -0.2) is 26.9 Å². The van der Waals surface area contributed by atoms with Crippen LogP contribution in [0.25, 0.3) is 0 Å². The van der Waals surface area contributed by atoms with E-state index in [1.54, 1.807) is 4.68 Å². The molecule has 17 heavy (non-hydrogen) atoms. The number of aryl methyl sites for hydroxylation is 1. The summed E-state index contributed by atoms with van der Waals surface area (Å²) in [6, 6.07) is 0.450. The minimum atomic E-state index is -0.643. The summed E-state index contributed by atoms with van der Waals surface area (Å²) in [5.41, 5.74) is 1.17. The minimum absolute atomic E-state index is 0.133. The number of nitrogens with one attached hydrogen (secondary N) is 1. The molecule has 5 nitrogen and oxygen atoms in total.